The first-order valence-corrected chi connectivity index (χ1v) is 6.97. The Morgan fingerprint density at radius 3 is 2.78 bits per heavy atom. The molecule has 1 aromatic heterocycles. The maximum absolute atomic E-state index is 6.12. The Bertz CT molecular complexity index is 592. The van der Waals surface area contributed by atoms with Gasteiger partial charge in [0.05, 0.1) is 11.6 Å². The zero-order valence-electron chi connectivity index (χ0n) is 9.61. The number of benzene rings is 1. The van der Waals surface area contributed by atoms with Crippen molar-refractivity contribution in [1.29, 1.82) is 0 Å². The lowest BCUT2D eigenvalue weighted by Gasteiger charge is -2.08. The highest BCUT2D eigenvalue weighted by atomic mass is 79.9. The van der Waals surface area contributed by atoms with Crippen LogP contribution in [0.1, 0.15) is 24.7 Å². The Morgan fingerprint density at radius 2 is 2.17 bits per heavy atom. The second kappa shape index (κ2) is 4.64. The fraction of sp³-hybridized carbons (Fsp3) is 0.333. The second-order valence-electron chi connectivity index (χ2n) is 4.37. The molecular weight excluding hydrogens is 316 g/mol. The number of nitrogens with zero attached hydrogens (tertiary/aromatic N) is 3. The van der Waals surface area contributed by atoms with Crippen LogP contribution in [0, 0.1) is 0 Å². The van der Waals surface area contributed by atoms with Crippen molar-refractivity contribution < 1.29 is 0 Å². The van der Waals surface area contributed by atoms with Crippen molar-refractivity contribution in [2.45, 2.75) is 25.4 Å². The first kappa shape index (κ1) is 12.1. The third-order valence-corrected chi connectivity index (χ3v) is 4.27. The van der Waals surface area contributed by atoms with Gasteiger partial charge in [0.15, 0.2) is 5.82 Å². The van der Waals surface area contributed by atoms with Gasteiger partial charge in [-0.05, 0) is 47.0 Å². The van der Waals surface area contributed by atoms with E-state index in [0.717, 1.165) is 21.7 Å². The molecule has 0 atom stereocenters. The van der Waals surface area contributed by atoms with Crippen LogP contribution in [-0.2, 0) is 6.54 Å². The summed E-state index contributed by atoms with van der Waals surface area (Å²) in [4.78, 5) is 0. The van der Waals surface area contributed by atoms with E-state index in [0.29, 0.717) is 17.6 Å². The zero-order valence-corrected chi connectivity index (χ0v) is 11.9. The largest absolute Gasteiger partial charge is 0.324 e. The Morgan fingerprint density at radius 1 is 1.39 bits per heavy atom. The molecule has 94 valence electrons. The topological polar surface area (TPSA) is 56.7 Å². The molecular formula is C12H12BrClN4. The van der Waals surface area contributed by atoms with E-state index in [1.54, 1.807) is 0 Å². The Labute approximate surface area is 118 Å². The smallest absolute Gasteiger partial charge is 0.164 e. The van der Waals surface area contributed by atoms with Crippen molar-refractivity contribution in [2.75, 3.05) is 0 Å². The van der Waals surface area contributed by atoms with Gasteiger partial charge in [-0.2, -0.15) is 0 Å². The summed E-state index contributed by atoms with van der Waals surface area (Å²) in [5, 5.41) is 9.08. The van der Waals surface area contributed by atoms with Gasteiger partial charge in [0, 0.05) is 16.1 Å². The SMILES string of the molecule is NCc1nnc(-c2ccc(Br)c(Cl)c2)n1C1CC1. The van der Waals surface area contributed by atoms with E-state index in [4.69, 9.17) is 17.3 Å². The predicted octanol–water partition coefficient (Wildman–Crippen LogP) is 3.15. The minimum atomic E-state index is 0.410. The minimum Gasteiger partial charge on any atom is -0.324 e. The van der Waals surface area contributed by atoms with E-state index in [9.17, 15) is 0 Å². The normalized spacial score (nSPS) is 15.1. The summed E-state index contributed by atoms with van der Waals surface area (Å²) in [6.45, 7) is 0.410. The summed E-state index contributed by atoms with van der Waals surface area (Å²) in [6.07, 6.45) is 2.34. The molecule has 18 heavy (non-hydrogen) atoms. The predicted molar refractivity (Wildman–Crippen MR) is 74.3 cm³/mol. The fourth-order valence-corrected chi connectivity index (χ4v) is 2.44. The molecule has 2 aromatic rings. The summed E-state index contributed by atoms with van der Waals surface area (Å²) in [6, 6.07) is 6.30. The van der Waals surface area contributed by atoms with Crippen molar-refractivity contribution in [3.05, 3.63) is 33.5 Å². The first-order valence-electron chi connectivity index (χ1n) is 5.80. The average molecular weight is 328 g/mol. The molecule has 0 bridgehead atoms. The Kier molecular flexibility index (Phi) is 3.13. The van der Waals surface area contributed by atoms with Crippen LogP contribution in [0.25, 0.3) is 11.4 Å². The highest BCUT2D eigenvalue weighted by molar-refractivity contribution is 9.10. The lowest BCUT2D eigenvalue weighted by molar-refractivity contribution is 0.688. The summed E-state index contributed by atoms with van der Waals surface area (Å²) < 4.78 is 3.02. The summed E-state index contributed by atoms with van der Waals surface area (Å²) >= 11 is 9.51. The molecule has 0 radical (unpaired) electrons. The molecule has 0 saturated heterocycles. The summed E-state index contributed by atoms with van der Waals surface area (Å²) in [5.74, 6) is 1.69. The van der Waals surface area contributed by atoms with Crippen LogP contribution >= 0.6 is 27.5 Å². The van der Waals surface area contributed by atoms with Gasteiger partial charge in [-0.1, -0.05) is 11.6 Å². The average Bonchev–Trinajstić information content (AvgIpc) is 3.12. The van der Waals surface area contributed by atoms with E-state index >= 15 is 0 Å². The molecule has 1 heterocycles. The van der Waals surface area contributed by atoms with E-state index in [1.807, 2.05) is 18.2 Å². The summed E-state index contributed by atoms with van der Waals surface area (Å²) in [7, 11) is 0. The molecule has 2 N–H and O–H groups in total. The van der Waals surface area contributed by atoms with Crippen molar-refractivity contribution in [1.82, 2.24) is 14.8 Å². The molecule has 1 saturated carbocycles. The van der Waals surface area contributed by atoms with Gasteiger partial charge in [0.2, 0.25) is 0 Å². The molecule has 0 amide bonds. The van der Waals surface area contributed by atoms with Crippen LogP contribution in [0.3, 0.4) is 0 Å². The van der Waals surface area contributed by atoms with Crippen LogP contribution in [0.5, 0.6) is 0 Å². The zero-order chi connectivity index (χ0) is 12.7. The van der Waals surface area contributed by atoms with E-state index < -0.39 is 0 Å². The number of nitrogens with two attached hydrogens (primary N) is 1. The summed E-state index contributed by atoms with van der Waals surface area (Å²) in [5.41, 5.74) is 6.68. The molecule has 1 aliphatic carbocycles. The van der Waals surface area contributed by atoms with Crippen molar-refractivity contribution in [3.63, 3.8) is 0 Å². The number of aromatic nitrogens is 3. The number of rotatable bonds is 3. The number of hydrogen-bond donors (Lipinski definition) is 1. The third kappa shape index (κ3) is 2.06. The third-order valence-electron chi connectivity index (χ3n) is 3.04. The minimum absolute atomic E-state index is 0.410. The molecule has 1 aliphatic rings. The van der Waals surface area contributed by atoms with Crippen LogP contribution in [0.15, 0.2) is 22.7 Å². The molecule has 6 heteroatoms. The van der Waals surface area contributed by atoms with Crippen LogP contribution in [-0.4, -0.2) is 14.8 Å². The molecule has 1 aromatic carbocycles. The van der Waals surface area contributed by atoms with Gasteiger partial charge >= 0.3 is 0 Å². The maximum Gasteiger partial charge on any atom is 0.164 e. The van der Waals surface area contributed by atoms with Crippen LogP contribution < -0.4 is 5.73 Å². The standard InChI is InChI=1S/C12H12BrClN4/c13-9-4-1-7(5-10(9)14)12-17-16-11(6-15)18(12)8-2-3-8/h1,4-5,8H,2-3,6,15H2. The molecule has 0 spiro atoms. The molecule has 4 nitrogen and oxygen atoms in total. The van der Waals surface area contributed by atoms with Gasteiger partial charge in [-0.3, -0.25) is 0 Å². The molecule has 3 rings (SSSR count). The van der Waals surface area contributed by atoms with E-state index in [-0.39, 0.29) is 0 Å². The van der Waals surface area contributed by atoms with Gasteiger partial charge < -0.3 is 10.3 Å². The second-order valence-corrected chi connectivity index (χ2v) is 5.64. The Hall–Kier alpha value is -0.910. The quantitative estimate of drug-likeness (QED) is 0.942. The monoisotopic (exact) mass is 326 g/mol. The highest BCUT2D eigenvalue weighted by Gasteiger charge is 2.29. The van der Waals surface area contributed by atoms with Gasteiger partial charge in [-0.25, -0.2) is 0 Å². The van der Waals surface area contributed by atoms with Gasteiger partial charge in [0.25, 0.3) is 0 Å². The molecule has 0 aliphatic heterocycles. The van der Waals surface area contributed by atoms with Gasteiger partial charge in [-0.15, -0.1) is 10.2 Å². The number of halogens is 2. The van der Waals surface area contributed by atoms with Crippen molar-refractivity contribution >= 4 is 27.5 Å². The van der Waals surface area contributed by atoms with E-state index in [1.165, 1.54) is 12.8 Å². The highest BCUT2D eigenvalue weighted by Crippen LogP contribution is 2.39. The Balaban J connectivity index is 2.10. The lowest BCUT2D eigenvalue weighted by atomic mass is 10.2. The van der Waals surface area contributed by atoms with Crippen LogP contribution in [0.4, 0.5) is 0 Å². The van der Waals surface area contributed by atoms with Crippen molar-refractivity contribution in [3.8, 4) is 11.4 Å². The molecule has 1 fully saturated rings. The maximum atomic E-state index is 6.12. The van der Waals surface area contributed by atoms with E-state index in [2.05, 4.69) is 30.7 Å². The molecule has 0 unspecified atom stereocenters. The fourth-order valence-electron chi connectivity index (χ4n) is 2.01. The number of hydrogen-bond acceptors (Lipinski definition) is 3. The lowest BCUT2D eigenvalue weighted by Crippen LogP contribution is -2.08. The van der Waals surface area contributed by atoms with Gasteiger partial charge in [0.1, 0.15) is 5.82 Å². The van der Waals surface area contributed by atoms with Crippen LogP contribution in [0.2, 0.25) is 5.02 Å². The first-order chi connectivity index (χ1) is 8.70. The van der Waals surface area contributed by atoms with Crippen molar-refractivity contribution in [2.24, 2.45) is 5.73 Å².